The highest BCUT2D eigenvalue weighted by atomic mass is 35.5. The van der Waals surface area contributed by atoms with Gasteiger partial charge < -0.3 is 5.32 Å². The Morgan fingerprint density at radius 3 is 2.53 bits per heavy atom. The third kappa shape index (κ3) is 3.06. The molecule has 1 atom stereocenters. The summed E-state index contributed by atoms with van der Waals surface area (Å²) in [7, 11) is 1.91. The van der Waals surface area contributed by atoms with Crippen LogP contribution in [0.15, 0.2) is 35.7 Å². The fourth-order valence-corrected chi connectivity index (χ4v) is 3.04. The summed E-state index contributed by atoms with van der Waals surface area (Å²) in [5, 5.41) is 6.01. The maximum Gasteiger partial charge on any atom is 0.123 e. The predicted octanol–water partition coefficient (Wildman–Crippen LogP) is 4.04. The molecule has 1 aromatic heterocycles. The lowest BCUT2D eigenvalue weighted by Gasteiger charge is -2.15. The van der Waals surface area contributed by atoms with Gasteiger partial charge in [-0.3, -0.25) is 0 Å². The highest BCUT2D eigenvalue weighted by molar-refractivity contribution is 7.10. The molecule has 0 aliphatic carbocycles. The average Bonchev–Trinajstić information content (AvgIpc) is 2.75. The van der Waals surface area contributed by atoms with E-state index < -0.39 is 0 Å². The number of hydrogen-bond donors (Lipinski definition) is 1. The van der Waals surface area contributed by atoms with Crippen LogP contribution in [0.5, 0.6) is 0 Å². The molecule has 0 spiro atoms. The summed E-state index contributed by atoms with van der Waals surface area (Å²) in [6, 6.07) is 8.66. The van der Waals surface area contributed by atoms with Gasteiger partial charge in [-0.05, 0) is 42.6 Å². The molecule has 0 bridgehead atoms. The molecule has 0 saturated carbocycles. The van der Waals surface area contributed by atoms with Crippen molar-refractivity contribution in [2.45, 2.75) is 12.5 Å². The number of likely N-dealkylation sites (N-methyl/N-ethyl adjacent to an activating group) is 1. The third-order valence-corrected chi connectivity index (χ3v) is 4.13. The van der Waals surface area contributed by atoms with E-state index in [1.165, 1.54) is 12.1 Å². The molecule has 0 saturated heterocycles. The maximum atomic E-state index is 12.8. The molecular weight excluding hydrogens is 257 g/mol. The largest absolute Gasteiger partial charge is 0.312 e. The van der Waals surface area contributed by atoms with Crippen LogP contribution in [0.4, 0.5) is 4.39 Å². The van der Waals surface area contributed by atoms with Crippen molar-refractivity contribution in [3.8, 4) is 0 Å². The van der Waals surface area contributed by atoms with Crippen molar-refractivity contribution in [2.75, 3.05) is 7.05 Å². The quantitative estimate of drug-likeness (QED) is 0.883. The molecule has 0 amide bonds. The Morgan fingerprint density at radius 1 is 1.29 bits per heavy atom. The molecule has 4 heteroatoms. The van der Waals surface area contributed by atoms with Crippen molar-refractivity contribution in [3.63, 3.8) is 0 Å². The van der Waals surface area contributed by atoms with Crippen LogP contribution in [-0.2, 0) is 6.42 Å². The second kappa shape index (κ2) is 5.63. The SMILES string of the molecule is CNC(Cc1ccc(F)cc1)c1sccc1Cl. The van der Waals surface area contributed by atoms with E-state index in [2.05, 4.69) is 5.32 Å². The Hall–Kier alpha value is -0.900. The number of hydrogen-bond acceptors (Lipinski definition) is 2. The van der Waals surface area contributed by atoms with Crippen molar-refractivity contribution in [1.82, 2.24) is 5.32 Å². The summed E-state index contributed by atoms with van der Waals surface area (Å²) in [6.45, 7) is 0. The summed E-state index contributed by atoms with van der Waals surface area (Å²) in [4.78, 5) is 1.12. The van der Waals surface area contributed by atoms with E-state index in [1.54, 1.807) is 23.5 Å². The Morgan fingerprint density at radius 2 is 2.00 bits per heavy atom. The number of halogens is 2. The standard InChI is InChI=1S/C13H13ClFNS/c1-16-12(13-11(14)6-7-17-13)8-9-2-4-10(15)5-3-9/h2-7,12,16H,8H2,1H3. The summed E-state index contributed by atoms with van der Waals surface area (Å²) >= 11 is 7.75. The van der Waals surface area contributed by atoms with E-state index in [-0.39, 0.29) is 11.9 Å². The van der Waals surface area contributed by atoms with Gasteiger partial charge in [0.2, 0.25) is 0 Å². The molecule has 1 unspecified atom stereocenters. The lowest BCUT2D eigenvalue weighted by atomic mass is 10.0. The Labute approximate surface area is 109 Å². The van der Waals surface area contributed by atoms with Gasteiger partial charge in [0, 0.05) is 10.9 Å². The molecule has 90 valence electrons. The van der Waals surface area contributed by atoms with Gasteiger partial charge in [-0.15, -0.1) is 11.3 Å². The van der Waals surface area contributed by atoms with Gasteiger partial charge in [0.15, 0.2) is 0 Å². The molecule has 0 aliphatic heterocycles. The molecule has 17 heavy (non-hydrogen) atoms. The highest BCUT2D eigenvalue weighted by Gasteiger charge is 2.14. The fourth-order valence-electron chi connectivity index (χ4n) is 1.74. The van der Waals surface area contributed by atoms with Gasteiger partial charge in [-0.1, -0.05) is 23.7 Å². The first-order chi connectivity index (χ1) is 8.20. The van der Waals surface area contributed by atoms with Crippen molar-refractivity contribution >= 4 is 22.9 Å². The molecule has 2 aromatic rings. The minimum atomic E-state index is -0.205. The molecule has 2 rings (SSSR count). The van der Waals surface area contributed by atoms with Crippen molar-refractivity contribution in [3.05, 3.63) is 57.0 Å². The van der Waals surface area contributed by atoms with Crippen LogP contribution in [0.3, 0.4) is 0 Å². The minimum absolute atomic E-state index is 0.174. The minimum Gasteiger partial charge on any atom is -0.312 e. The molecule has 0 aliphatic rings. The first-order valence-electron chi connectivity index (χ1n) is 5.35. The van der Waals surface area contributed by atoms with E-state index in [4.69, 9.17) is 11.6 Å². The van der Waals surface area contributed by atoms with Gasteiger partial charge in [-0.25, -0.2) is 4.39 Å². The lowest BCUT2D eigenvalue weighted by molar-refractivity contribution is 0.598. The van der Waals surface area contributed by atoms with Crippen LogP contribution < -0.4 is 5.32 Å². The first-order valence-corrected chi connectivity index (χ1v) is 6.61. The molecule has 0 fully saturated rings. The zero-order valence-corrected chi connectivity index (χ0v) is 11.0. The maximum absolute atomic E-state index is 12.8. The average molecular weight is 270 g/mol. The van der Waals surface area contributed by atoms with Crippen LogP contribution in [-0.4, -0.2) is 7.05 Å². The Kier molecular flexibility index (Phi) is 4.15. The van der Waals surface area contributed by atoms with Gasteiger partial charge in [0.1, 0.15) is 5.82 Å². The van der Waals surface area contributed by atoms with Crippen LogP contribution in [0, 0.1) is 5.82 Å². The number of rotatable bonds is 4. The predicted molar refractivity (Wildman–Crippen MR) is 71.2 cm³/mol. The summed E-state index contributed by atoms with van der Waals surface area (Å²) in [6.07, 6.45) is 0.803. The van der Waals surface area contributed by atoms with Crippen LogP contribution in [0.25, 0.3) is 0 Å². The summed E-state index contributed by atoms with van der Waals surface area (Å²) < 4.78 is 12.8. The molecule has 1 nitrogen and oxygen atoms in total. The lowest BCUT2D eigenvalue weighted by Crippen LogP contribution is -2.18. The smallest absolute Gasteiger partial charge is 0.123 e. The topological polar surface area (TPSA) is 12.0 Å². The monoisotopic (exact) mass is 269 g/mol. The second-order valence-corrected chi connectivity index (χ2v) is 5.16. The van der Waals surface area contributed by atoms with E-state index in [0.717, 1.165) is 21.9 Å². The number of thiophene rings is 1. The Bertz CT molecular complexity index is 480. The zero-order chi connectivity index (χ0) is 12.3. The molecular formula is C13H13ClFNS. The number of benzene rings is 1. The van der Waals surface area contributed by atoms with Crippen LogP contribution >= 0.6 is 22.9 Å². The third-order valence-electron chi connectivity index (χ3n) is 2.66. The molecule has 1 heterocycles. The van der Waals surface area contributed by atoms with Gasteiger partial charge >= 0.3 is 0 Å². The van der Waals surface area contributed by atoms with E-state index in [0.29, 0.717) is 0 Å². The molecule has 0 radical (unpaired) electrons. The summed E-state index contributed by atoms with van der Waals surface area (Å²) in [5.74, 6) is -0.205. The van der Waals surface area contributed by atoms with Crippen LogP contribution in [0.2, 0.25) is 5.02 Å². The van der Waals surface area contributed by atoms with Gasteiger partial charge in [0.05, 0.1) is 5.02 Å². The molecule has 1 aromatic carbocycles. The van der Waals surface area contributed by atoms with Gasteiger partial charge in [0.25, 0.3) is 0 Å². The van der Waals surface area contributed by atoms with E-state index >= 15 is 0 Å². The molecule has 1 N–H and O–H groups in total. The van der Waals surface area contributed by atoms with E-state index in [1.807, 2.05) is 18.5 Å². The Balaban J connectivity index is 2.16. The zero-order valence-electron chi connectivity index (χ0n) is 9.41. The van der Waals surface area contributed by atoms with Crippen LogP contribution in [0.1, 0.15) is 16.5 Å². The van der Waals surface area contributed by atoms with E-state index in [9.17, 15) is 4.39 Å². The van der Waals surface area contributed by atoms with Crippen molar-refractivity contribution < 1.29 is 4.39 Å². The fraction of sp³-hybridized carbons (Fsp3) is 0.231. The highest BCUT2D eigenvalue weighted by Crippen LogP contribution is 2.30. The first kappa shape index (κ1) is 12.6. The second-order valence-electron chi connectivity index (χ2n) is 3.80. The van der Waals surface area contributed by atoms with Crippen molar-refractivity contribution in [2.24, 2.45) is 0 Å². The van der Waals surface area contributed by atoms with Gasteiger partial charge in [-0.2, -0.15) is 0 Å². The van der Waals surface area contributed by atoms with Crippen molar-refractivity contribution in [1.29, 1.82) is 0 Å². The normalized spacial score (nSPS) is 12.6. The summed E-state index contributed by atoms with van der Waals surface area (Å²) in [5.41, 5.74) is 1.09. The number of nitrogens with one attached hydrogen (secondary N) is 1.